The molecule has 0 aliphatic heterocycles. The lowest BCUT2D eigenvalue weighted by atomic mass is 9.81. The lowest BCUT2D eigenvalue weighted by Crippen LogP contribution is -2.29. The highest BCUT2D eigenvalue weighted by molar-refractivity contribution is 9.10. The highest BCUT2D eigenvalue weighted by Crippen LogP contribution is 2.21. The van der Waals surface area contributed by atoms with Crippen molar-refractivity contribution in [3.63, 3.8) is 0 Å². The topological polar surface area (TPSA) is 74.6 Å². The van der Waals surface area contributed by atoms with Crippen LogP contribution < -0.4 is 5.46 Å². The van der Waals surface area contributed by atoms with Crippen LogP contribution in [-0.4, -0.2) is 29.7 Å². The van der Waals surface area contributed by atoms with Crippen LogP contribution in [-0.2, 0) is 0 Å². The van der Waals surface area contributed by atoms with Gasteiger partial charge in [0.15, 0.2) is 0 Å². The second-order valence-electron chi connectivity index (χ2n) is 7.46. The van der Waals surface area contributed by atoms with Gasteiger partial charge in [0.2, 0.25) is 0 Å². The Kier molecular flexibility index (Phi) is 11.1. The molecule has 172 valence electrons. The van der Waals surface area contributed by atoms with Crippen LogP contribution in [0.4, 0.5) is 0 Å². The largest absolute Gasteiger partial charge is 0.488 e. The van der Waals surface area contributed by atoms with Gasteiger partial charge in [0, 0.05) is 15.6 Å². The maximum absolute atomic E-state index is 10.7. The second-order valence-corrected chi connectivity index (χ2v) is 8.37. The van der Waals surface area contributed by atoms with Crippen molar-refractivity contribution in [2.75, 3.05) is 0 Å². The summed E-state index contributed by atoms with van der Waals surface area (Å²) < 4.78 is 1.01. The number of halogens is 1. The van der Waals surface area contributed by atoms with Gasteiger partial charge < -0.3 is 10.0 Å². The summed E-state index contributed by atoms with van der Waals surface area (Å²) >= 11 is 3.31. The first kappa shape index (κ1) is 26.9. The molecule has 4 rings (SSSR count). The fourth-order valence-electron chi connectivity index (χ4n) is 3.01. The Hall–Kier alpha value is -3.32. The number of aldehydes is 2. The number of benzene rings is 4. The van der Waals surface area contributed by atoms with E-state index in [1.165, 1.54) is 5.56 Å². The molecule has 4 nitrogen and oxygen atoms in total. The maximum Gasteiger partial charge on any atom is 0.488 e. The summed E-state index contributed by atoms with van der Waals surface area (Å²) in [6.45, 7) is 3.87. The van der Waals surface area contributed by atoms with E-state index in [-0.39, 0.29) is 0 Å². The summed E-state index contributed by atoms with van der Waals surface area (Å²) in [5.74, 6) is 0. The van der Waals surface area contributed by atoms with Crippen molar-refractivity contribution in [1.82, 2.24) is 0 Å². The lowest BCUT2D eigenvalue weighted by molar-refractivity contribution is 0.111. The van der Waals surface area contributed by atoms with Crippen LogP contribution in [0.1, 0.15) is 31.8 Å². The van der Waals surface area contributed by atoms with Crippen LogP contribution in [0.5, 0.6) is 0 Å². The van der Waals surface area contributed by atoms with Crippen molar-refractivity contribution in [1.29, 1.82) is 0 Å². The third kappa shape index (κ3) is 8.56. The fourth-order valence-corrected chi connectivity index (χ4v) is 3.49. The Balaban J connectivity index is 0.000000189. The molecule has 0 aromatic heterocycles. The molecule has 0 radical (unpaired) electrons. The molecule has 6 heteroatoms. The molecule has 34 heavy (non-hydrogen) atoms. The van der Waals surface area contributed by atoms with Crippen LogP contribution >= 0.6 is 15.9 Å². The zero-order chi connectivity index (χ0) is 24.9. The van der Waals surface area contributed by atoms with Crippen LogP contribution in [0.15, 0.2) is 102 Å². The predicted octanol–water partition coefficient (Wildman–Crippen LogP) is 5.41. The van der Waals surface area contributed by atoms with Crippen LogP contribution in [0.25, 0.3) is 11.1 Å². The van der Waals surface area contributed by atoms with E-state index in [0.29, 0.717) is 5.46 Å². The summed E-state index contributed by atoms with van der Waals surface area (Å²) in [5.41, 5.74) is 6.39. The molecule has 4 aromatic carbocycles. The monoisotopic (exact) mass is 516 g/mol. The Morgan fingerprint density at radius 1 is 0.647 bits per heavy atom. The first-order chi connectivity index (χ1) is 16.3. The normalized spacial score (nSPS) is 9.56. The highest BCUT2D eigenvalue weighted by atomic mass is 79.9. The van der Waals surface area contributed by atoms with Crippen molar-refractivity contribution < 1.29 is 19.6 Å². The summed E-state index contributed by atoms with van der Waals surface area (Å²) in [5, 5.41) is 17.2. The molecule has 0 spiro atoms. The molecule has 0 amide bonds. The maximum atomic E-state index is 10.7. The van der Waals surface area contributed by atoms with Gasteiger partial charge in [0.1, 0.15) is 12.6 Å². The molecule has 0 saturated carbocycles. The molecule has 4 aromatic rings. The predicted molar refractivity (Wildman–Crippen MR) is 143 cm³/mol. The van der Waals surface area contributed by atoms with Crippen LogP contribution in [0.3, 0.4) is 0 Å². The number of hydrogen-bond donors (Lipinski definition) is 2. The van der Waals surface area contributed by atoms with E-state index < -0.39 is 7.12 Å². The molecule has 0 fully saturated rings. The Morgan fingerprint density at radius 2 is 1.15 bits per heavy atom. The fraction of sp³-hybridized carbons (Fsp3) is 0.0714. The Bertz CT molecular complexity index is 1200. The number of carbonyl (C=O) groups is 2. The van der Waals surface area contributed by atoms with Crippen LogP contribution in [0, 0.1) is 13.8 Å². The van der Waals surface area contributed by atoms with Gasteiger partial charge in [-0.2, -0.15) is 0 Å². The zero-order valence-electron chi connectivity index (χ0n) is 19.1. The van der Waals surface area contributed by atoms with Crippen molar-refractivity contribution >= 4 is 41.1 Å². The SMILES string of the molecule is Cc1cc(-c2ccccc2)ccc1C=O.Cc1cc(Br)ccc1C=O.OB(O)c1ccccc1. The van der Waals surface area contributed by atoms with Gasteiger partial charge in [0.25, 0.3) is 0 Å². The van der Waals surface area contributed by atoms with Gasteiger partial charge >= 0.3 is 7.12 Å². The molecule has 0 atom stereocenters. The van der Waals surface area contributed by atoms with E-state index >= 15 is 0 Å². The standard InChI is InChI=1S/C14H12O.C8H7BrO.C6H7BO2/c1-11-9-13(7-8-14(11)10-15)12-5-3-2-4-6-12;1-6-4-8(9)3-2-7(6)5-10;8-7(9)6-4-2-1-3-5-6/h2-10H,1H3;2-5H,1H3;1-5,8-9H. The Morgan fingerprint density at radius 3 is 1.59 bits per heavy atom. The van der Waals surface area contributed by atoms with E-state index in [2.05, 4.69) is 28.1 Å². The third-order valence-corrected chi connectivity index (χ3v) is 5.45. The van der Waals surface area contributed by atoms with Gasteiger partial charge in [-0.3, -0.25) is 9.59 Å². The molecule has 0 heterocycles. The molecule has 0 saturated heterocycles. The van der Waals surface area contributed by atoms with Gasteiger partial charge in [0.05, 0.1) is 0 Å². The van der Waals surface area contributed by atoms with Crippen molar-refractivity contribution in [2.45, 2.75) is 13.8 Å². The number of rotatable bonds is 4. The minimum absolute atomic E-state index is 0.525. The van der Waals surface area contributed by atoms with Crippen molar-refractivity contribution in [3.05, 3.63) is 124 Å². The van der Waals surface area contributed by atoms with E-state index in [1.54, 1.807) is 30.3 Å². The van der Waals surface area contributed by atoms with E-state index in [0.717, 1.165) is 44.9 Å². The van der Waals surface area contributed by atoms with Gasteiger partial charge in [-0.05, 0) is 53.7 Å². The lowest BCUT2D eigenvalue weighted by Gasteiger charge is -2.04. The molecular formula is C28H26BBrO4. The molecule has 2 N–H and O–H groups in total. The third-order valence-electron chi connectivity index (χ3n) is 4.96. The average Bonchev–Trinajstić information content (AvgIpc) is 2.86. The first-order valence-electron chi connectivity index (χ1n) is 10.6. The van der Waals surface area contributed by atoms with E-state index in [4.69, 9.17) is 10.0 Å². The second kappa shape index (κ2) is 14.1. The summed E-state index contributed by atoms with van der Waals surface area (Å²) in [4.78, 5) is 21.0. The quantitative estimate of drug-likeness (QED) is 0.281. The van der Waals surface area contributed by atoms with E-state index in [1.807, 2.05) is 68.4 Å². The molecule has 0 aliphatic carbocycles. The zero-order valence-corrected chi connectivity index (χ0v) is 20.6. The van der Waals surface area contributed by atoms with Crippen molar-refractivity contribution in [2.24, 2.45) is 0 Å². The molecule has 0 aliphatic rings. The van der Waals surface area contributed by atoms with Crippen molar-refractivity contribution in [3.8, 4) is 11.1 Å². The number of carbonyl (C=O) groups excluding carboxylic acids is 2. The van der Waals surface area contributed by atoms with Gasteiger partial charge in [-0.1, -0.05) is 101 Å². The summed E-state index contributed by atoms with van der Waals surface area (Å²) in [6, 6.07) is 30.3. The first-order valence-corrected chi connectivity index (χ1v) is 11.4. The number of aryl methyl sites for hydroxylation is 2. The molecule has 0 bridgehead atoms. The van der Waals surface area contributed by atoms with Gasteiger partial charge in [-0.15, -0.1) is 0 Å². The smallest absolute Gasteiger partial charge is 0.423 e. The number of hydrogen-bond acceptors (Lipinski definition) is 4. The summed E-state index contributed by atoms with van der Waals surface area (Å²) in [7, 11) is -1.34. The average molecular weight is 517 g/mol. The van der Waals surface area contributed by atoms with Crippen LogP contribution in [0.2, 0.25) is 0 Å². The minimum atomic E-state index is -1.34. The highest BCUT2D eigenvalue weighted by Gasteiger charge is 2.07. The summed E-state index contributed by atoms with van der Waals surface area (Å²) in [6.07, 6.45) is 1.76. The minimum Gasteiger partial charge on any atom is -0.423 e. The Labute approximate surface area is 209 Å². The van der Waals surface area contributed by atoms with Gasteiger partial charge in [-0.25, -0.2) is 0 Å². The molecular weight excluding hydrogens is 491 g/mol. The molecule has 0 unspecified atom stereocenters. The van der Waals surface area contributed by atoms with E-state index in [9.17, 15) is 9.59 Å².